The van der Waals surface area contributed by atoms with Crippen molar-refractivity contribution < 1.29 is 9.50 Å². The molecule has 1 unspecified atom stereocenters. The molecule has 2 heteroatoms. The lowest BCUT2D eigenvalue weighted by Crippen LogP contribution is -1.94. The molecule has 1 N–H and O–H groups in total. The fraction of sp³-hybridized carbons (Fsp3) is 0.412. The van der Waals surface area contributed by atoms with Gasteiger partial charge >= 0.3 is 0 Å². The molecule has 1 nitrogen and oxygen atoms in total. The Morgan fingerprint density at radius 1 is 1.00 bits per heavy atom. The van der Waals surface area contributed by atoms with Gasteiger partial charge in [-0.2, -0.15) is 0 Å². The quantitative estimate of drug-likeness (QED) is 0.750. The lowest BCUT2D eigenvalue weighted by Gasteiger charge is -2.12. The smallest absolute Gasteiger partial charge is 0.123 e. The van der Waals surface area contributed by atoms with Crippen molar-refractivity contribution in [2.45, 2.75) is 38.5 Å². The van der Waals surface area contributed by atoms with Crippen LogP contribution in [-0.2, 0) is 0 Å². The van der Waals surface area contributed by atoms with Crippen LogP contribution in [0.15, 0.2) is 36.4 Å². The van der Waals surface area contributed by atoms with Gasteiger partial charge < -0.3 is 5.11 Å². The van der Waals surface area contributed by atoms with E-state index in [1.807, 2.05) is 12.1 Å². The van der Waals surface area contributed by atoms with Crippen LogP contribution >= 0.6 is 0 Å². The fourth-order valence-electron chi connectivity index (χ4n) is 2.45. The van der Waals surface area contributed by atoms with Gasteiger partial charge in [0.05, 0.1) is 0 Å². The van der Waals surface area contributed by atoms with Crippen LogP contribution in [0, 0.1) is 5.82 Å². The zero-order valence-corrected chi connectivity index (χ0v) is 11.4. The summed E-state index contributed by atoms with van der Waals surface area (Å²) in [6.07, 6.45) is 4.25. The number of fused-ring (bicyclic) bond motifs is 1. The van der Waals surface area contributed by atoms with Crippen LogP contribution in [0.25, 0.3) is 10.8 Å². The van der Waals surface area contributed by atoms with Crippen molar-refractivity contribution in [1.82, 2.24) is 0 Å². The van der Waals surface area contributed by atoms with Gasteiger partial charge in [0, 0.05) is 6.61 Å². The van der Waals surface area contributed by atoms with Gasteiger partial charge in [-0.15, -0.1) is 0 Å². The molecule has 2 rings (SSSR count). The number of aliphatic hydroxyl groups excluding tert-OH is 1. The monoisotopic (exact) mass is 260 g/mol. The lowest BCUT2D eigenvalue weighted by atomic mass is 9.93. The van der Waals surface area contributed by atoms with E-state index >= 15 is 0 Å². The summed E-state index contributed by atoms with van der Waals surface area (Å²) in [5.41, 5.74) is 1.31. The molecule has 0 saturated carbocycles. The topological polar surface area (TPSA) is 20.2 Å². The van der Waals surface area contributed by atoms with Crippen molar-refractivity contribution in [1.29, 1.82) is 0 Å². The minimum Gasteiger partial charge on any atom is -0.396 e. The summed E-state index contributed by atoms with van der Waals surface area (Å²) in [6, 6.07) is 11.2. The Bertz CT molecular complexity index is 536. The van der Waals surface area contributed by atoms with Crippen LogP contribution in [0.2, 0.25) is 0 Å². The van der Waals surface area contributed by atoms with Gasteiger partial charge in [-0.3, -0.25) is 0 Å². The summed E-state index contributed by atoms with van der Waals surface area (Å²) >= 11 is 0. The first-order valence-electron chi connectivity index (χ1n) is 7.01. The molecule has 0 heterocycles. The molecule has 19 heavy (non-hydrogen) atoms. The predicted octanol–water partition coefficient (Wildman–Crippen LogP) is 4.64. The van der Waals surface area contributed by atoms with E-state index in [-0.39, 0.29) is 12.4 Å². The molecule has 0 amide bonds. The number of unbranched alkanes of at least 4 members (excludes halogenated alkanes) is 2. The molecule has 2 aromatic carbocycles. The highest BCUT2D eigenvalue weighted by Crippen LogP contribution is 2.26. The molecule has 0 aliphatic carbocycles. The van der Waals surface area contributed by atoms with Gasteiger partial charge in [0.2, 0.25) is 0 Å². The summed E-state index contributed by atoms with van der Waals surface area (Å²) in [5, 5.41) is 10.8. The van der Waals surface area contributed by atoms with E-state index in [2.05, 4.69) is 19.1 Å². The normalized spacial score (nSPS) is 12.8. The Hall–Kier alpha value is -1.41. The highest BCUT2D eigenvalue weighted by atomic mass is 19.1. The molecule has 0 fully saturated rings. The van der Waals surface area contributed by atoms with Crippen LogP contribution in [0.1, 0.15) is 44.1 Å². The van der Waals surface area contributed by atoms with Crippen molar-refractivity contribution >= 4 is 10.8 Å². The van der Waals surface area contributed by atoms with Crippen LogP contribution in [-0.4, -0.2) is 11.7 Å². The highest BCUT2D eigenvalue weighted by molar-refractivity contribution is 5.83. The van der Waals surface area contributed by atoms with Crippen LogP contribution < -0.4 is 0 Å². The number of rotatable bonds is 6. The van der Waals surface area contributed by atoms with E-state index in [4.69, 9.17) is 5.11 Å². The molecule has 0 aliphatic rings. The Kier molecular flexibility index (Phi) is 4.92. The Morgan fingerprint density at radius 2 is 1.74 bits per heavy atom. The van der Waals surface area contributed by atoms with Crippen molar-refractivity contribution in [3.8, 4) is 0 Å². The Morgan fingerprint density at radius 3 is 2.53 bits per heavy atom. The first-order chi connectivity index (χ1) is 9.20. The molecule has 0 saturated heterocycles. The molecule has 0 bridgehead atoms. The number of hydrogen-bond donors (Lipinski definition) is 1. The first kappa shape index (κ1) is 14.0. The summed E-state index contributed by atoms with van der Waals surface area (Å²) in [7, 11) is 0. The van der Waals surface area contributed by atoms with E-state index in [0.29, 0.717) is 5.92 Å². The van der Waals surface area contributed by atoms with E-state index < -0.39 is 0 Å². The Labute approximate surface area is 114 Å². The highest BCUT2D eigenvalue weighted by Gasteiger charge is 2.06. The molecular formula is C17H21FO. The third-order valence-corrected chi connectivity index (χ3v) is 3.69. The lowest BCUT2D eigenvalue weighted by molar-refractivity contribution is 0.282. The van der Waals surface area contributed by atoms with Gasteiger partial charge in [0.25, 0.3) is 0 Å². The molecule has 1 atom stereocenters. The number of halogens is 1. The minimum atomic E-state index is -0.183. The van der Waals surface area contributed by atoms with Crippen molar-refractivity contribution in [3.63, 3.8) is 0 Å². The molecule has 0 spiro atoms. The fourth-order valence-corrected chi connectivity index (χ4v) is 2.45. The summed E-state index contributed by atoms with van der Waals surface area (Å²) < 4.78 is 13.1. The predicted molar refractivity (Wildman–Crippen MR) is 77.9 cm³/mol. The second-order valence-electron chi connectivity index (χ2n) is 5.22. The number of benzene rings is 2. The molecule has 102 valence electrons. The number of hydrogen-bond acceptors (Lipinski definition) is 1. The minimum absolute atomic E-state index is 0.183. The first-order valence-corrected chi connectivity index (χ1v) is 7.01. The maximum absolute atomic E-state index is 13.1. The van der Waals surface area contributed by atoms with Gasteiger partial charge in [0.1, 0.15) is 5.82 Å². The zero-order chi connectivity index (χ0) is 13.7. The summed E-state index contributed by atoms with van der Waals surface area (Å²) in [4.78, 5) is 0. The Balaban J connectivity index is 2.05. The molecular weight excluding hydrogens is 239 g/mol. The second kappa shape index (κ2) is 6.67. The third-order valence-electron chi connectivity index (χ3n) is 3.69. The molecule has 0 aromatic heterocycles. The van der Waals surface area contributed by atoms with Crippen molar-refractivity contribution in [3.05, 3.63) is 47.8 Å². The van der Waals surface area contributed by atoms with E-state index in [0.717, 1.165) is 36.5 Å². The maximum Gasteiger partial charge on any atom is 0.123 e. The summed E-state index contributed by atoms with van der Waals surface area (Å²) in [6.45, 7) is 2.51. The molecule has 0 radical (unpaired) electrons. The largest absolute Gasteiger partial charge is 0.396 e. The van der Waals surface area contributed by atoms with Crippen LogP contribution in [0.4, 0.5) is 4.39 Å². The van der Waals surface area contributed by atoms with Gasteiger partial charge in [-0.1, -0.05) is 44.0 Å². The zero-order valence-electron chi connectivity index (χ0n) is 11.4. The van der Waals surface area contributed by atoms with Crippen molar-refractivity contribution in [2.24, 2.45) is 0 Å². The van der Waals surface area contributed by atoms with Crippen molar-refractivity contribution in [2.75, 3.05) is 6.61 Å². The third kappa shape index (κ3) is 3.77. The average Bonchev–Trinajstić information content (AvgIpc) is 2.42. The van der Waals surface area contributed by atoms with E-state index in [9.17, 15) is 4.39 Å². The van der Waals surface area contributed by atoms with Gasteiger partial charge in [-0.05, 0) is 47.2 Å². The average molecular weight is 260 g/mol. The van der Waals surface area contributed by atoms with Gasteiger partial charge in [0.15, 0.2) is 0 Å². The SMILES string of the molecule is CC(CCCCCO)c1ccc2cc(F)ccc2c1. The maximum atomic E-state index is 13.1. The van der Waals surface area contributed by atoms with E-state index in [1.54, 1.807) is 6.07 Å². The summed E-state index contributed by atoms with van der Waals surface area (Å²) in [5.74, 6) is 0.324. The second-order valence-corrected chi connectivity index (χ2v) is 5.22. The molecule has 0 aliphatic heterocycles. The van der Waals surface area contributed by atoms with Crippen LogP contribution in [0.3, 0.4) is 0 Å². The van der Waals surface area contributed by atoms with E-state index in [1.165, 1.54) is 11.6 Å². The van der Waals surface area contributed by atoms with Crippen LogP contribution in [0.5, 0.6) is 0 Å². The van der Waals surface area contributed by atoms with Gasteiger partial charge in [-0.25, -0.2) is 4.39 Å². The molecule has 2 aromatic rings. The number of aliphatic hydroxyl groups is 1. The standard InChI is InChI=1S/C17H21FO/c1-13(5-3-2-4-10-19)14-6-7-16-12-17(18)9-8-15(16)11-14/h6-9,11-13,19H,2-5,10H2,1H3.